The number of rotatable bonds is 5. The van der Waals surface area contributed by atoms with E-state index in [-0.39, 0.29) is 23.6 Å². The molecule has 0 aliphatic carbocycles. The van der Waals surface area contributed by atoms with Crippen molar-refractivity contribution in [1.82, 2.24) is 0 Å². The van der Waals surface area contributed by atoms with E-state index in [0.29, 0.717) is 13.0 Å². The van der Waals surface area contributed by atoms with Gasteiger partial charge in [0.25, 0.3) is 0 Å². The van der Waals surface area contributed by atoms with Gasteiger partial charge in [0.2, 0.25) is 0 Å². The molecule has 1 fully saturated rings. The lowest BCUT2D eigenvalue weighted by Gasteiger charge is -2.22. The molecule has 1 heterocycles. The number of ether oxygens (including phenoxy) is 2. The highest BCUT2D eigenvalue weighted by atomic mass is 19.1. The van der Waals surface area contributed by atoms with Gasteiger partial charge in [0.05, 0.1) is 19.3 Å². The topological polar surface area (TPSA) is 38.7 Å². The van der Waals surface area contributed by atoms with Crippen LogP contribution >= 0.6 is 0 Å². The smallest absolute Gasteiger partial charge is 0.165 e. The molecule has 1 aromatic carbocycles. The molecule has 0 bridgehead atoms. The van der Waals surface area contributed by atoms with Crippen LogP contribution in [-0.4, -0.2) is 31.0 Å². The van der Waals surface area contributed by atoms with Crippen molar-refractivity contribution in [3.8, 4) is 5.75 Å². The second-order valence-electron chi connectivity index (χ2n) is 5.01. The Morgan fingerprint density at radius 3 is 2.95 bits per heavy atom. The third kappa shape index (κ3) is 3.25. The molecule has 2 rings (SSSR count). The number of methoxy groups -OCH3 is 1. The van der Waals surface area contributed by atoms with Gasteiger partial charge in [0.15, 0.2) is 11.6 Å². The molecule has 0 radical (unpaired) electrons. The zero-order valence-corrected chi connectivity index (χ0v) is 11.4. The number of aliphatic hydroxyl groups excluding tert-OH is 1. The number of hydrogen-bond acceptors (Lipinski definition) is 3. The average molecular weight is 268 g/mol. The van der Waals surface area contributed by atoms with Crippen molar-refractivity contribution in [3.63, 3.8) is 0 Å². The average Bonchev–Trinajstić information content (AvgIpc) is 2.87. The summed E-state index contributed by atoms with van der Waals surface area (Å²) >= 11 is 0. The largest absolute Gasteiger partial charge is 0.494 e. The summed E-state index contributed by atoms with van der Waals surface area (Å²) in [5.41, 5.74) is 0.785. The third-order valence-electron chi connectivity index (χ3n) is 3.82. The van der Waals surface area contributed by atoms with Crippen LogP contribution in [-0.2, 0) is 11.2 Å². The van der Waals surface area contributed by atoms with Crippen LogP contribution in [0.25, 0.3) is 0 Å². The monoisotopic (exact) mass is 268 g/mol. The Balaban J connectivity index is 2.02. The molecule has 1 N–H and O–H groups in total. The molecule has 3 atom stereocenters. The first-order valence-electron chi connectivity index (χ1n) is 6.77. The fourth-order valence-electron chi connectivity index (χ4n) is 2.76. The maximum absolute atomic E-state index is 13.6. The van der Waals surface area contributed by atoms with Crippen molar-refractivity contribution < 1.29 is 19.0 Å². The highest BCUT2D eigenvalue weighted by Gasteiger charge is 2.32. The highest BCUT2D eigenvalue weighted by molar-refractivity contribution is 5.29. The summed E-state index contributed by atoms with van der Waals surface area (Å²) in [4.78, 5) is 0. The summed E-state index contributed by atoms with van der Waals surface area (Å²) in [7, 11) is 1.44. The van der Waals surface area contributed by atoms with Crippen LogP contribution in [0.5, 0.6) is 5.75 Å². The van der Waals surface area contributed by atoms with Crippen LogP contribution in [0.3, 0.4) is 0 Å². The molecule has 3 nitrogen and oxygen atoms in total. The molecule has 1 aromatic rings. The lowest BCUT2D eigenvalue weighted by Crippen LogP contribution is -2.29. The van der Waals surface area contributed by atoms with Crippen molar-refractivity contribution in [2.45, 2.75) is 38.4 Å². The van der Waals surface area contributed by atoms with Gasteiger partial charge in [-0.25, -0.2) is 4.39 Å². The SMILES string of the molecule is CCC1OCCC1C(O)Cc1ccc(OC)c(F)c1. The Morgan fingerprint density at radius 1 is 1.53 bits per heavy atom. The van der Waals surface area contributed by atoms with E-state index in [0.717, 1.165) is 18.4 Å². The van der Waals surface area contributed by atoms with Gasteiger partial charge >= 0.3 is 0 Å². The van der Waals surface area contributed by atoms with Gasteiger partial charge in [-0.2, -0.15) is 0 Å². The highest BCUT2D eigenvalue weighted by Crippen LogP contribution is 2.28. The summed E-state index contributed by atoms with van der Waals surface area (Å²) < 4.78 is 24.1. The van der Waals surface area contributed by atoms with Gasteiger partial charge in [-0.15, -0.1) is 0 Å². The Morgan fingerprint density at radius 2 is 2.32 bits per heavy atom. The van der Waals surface area contributed by atoms with Gasteiger partial charge in [-0.05, 0) is 37.0 Å². The lowest BCUT2D eigenvalue weighted by atomic mass is 9.89. The summed E-state index contributed by atoms with van der Waals surface area (Å²) in [6, 6.07) is 4.82. The molecule has 1 saturated heterocycles. The van der Waals surface area contributed by atoms with Crippen molar-refractivity contribution in [1.29, 1.82) is 0 Å². The molecule has 4 heteroatoms. The number of benzene rings is 1. The standard InChI is InChI=1S/C15H21FO3/c1-3-14-11(6-7-19-14)13(17)9-10-4-5-15(18-2)12(16)8-10/h4-5,8,11,13-14,17H,3,6-7,9H2,1-2H3. The van der Waals surface area contributed by atoms with E-state index in [9.17, 15) is 9.50 Å². The zero-order valence-electron chi connectivity index (χ0n) is 11.4. The molecule has 0 spiro atoms. The van der Waals surface area contributed by atoms with E-state index in [4.69, 9.17) is 9.47 Å². The Bertz CT molecular complexity index is 422. The van der Waals surface area contributed by atoms with Gasteiger partial charge in [-0.3, -0.25) is 0 Å². The zero-order chi connectivity index (χ0) is 13.8. The lowest BCUT2D eigenvalue weighted by molar-refractivity contribution is 0.0317. The van der Waals surface area contributed by atoms with Crippen molar-refractivity contribution >= 4 is 0 Å². The maximum Gasteiger partial charge on any atom is 0.165 e. The minimum absolute atomic E-state index is 0.123. The van der Waals surface area contributed by atoms with Gasteiger partial charge < -0.3 is 14.6 Å². The van der Waals surface area contributed by atoms with Crippen LogP contribution < -0.4 is 4.74 Å². The molecule has 3 unspecified atom stereocenters. The fraction of sp³-hybridized carbons (Fsp3) is 0.600. The minimum Gasteiger partial charge on any atom is -0.494 e. The maximum atomic E-state index is 13.6. The number of aliphatic hydroxyl groups is 1. The minimum atomic E-state index is -0.486. The van der Waals surface area contributed by atoms with Crippen molar-refractivity contribution in [2.75, 3.05) is 13.7 Å². The number of hydrogen-bond donors (Lipinski definition) is 1. The fourth-order valence-corrected chi connectivity index (χ4v) is 2.76. The molecular formula is C15H21FO3. The first kappa shape index (κ1) is 14.3. The van der Waals surface area contributed by atoms with E-state index in [1.807, 2.05) is 0 Å². The third-order valence-corrected chi connectivity index (χ3v) is 3.82. The molecule has 0 aromatic heterocycles. The predicted molar refractivity (Wildman–Crippen MR) is 70.8 cm³/mol. The summed E-state index contributed by atoms with van der Waals surface area (Å²) in [6.07, 6.45) is 1.86. The van der Waals surface area contributed by atoms with Gasteiger partial charge in [0.1, 0.15) is 0 Å². The van der Waals surface area contributed by atoms with Crippen LogP contribution in [0.2, 0.25) is 0 Å². The second kappa shape index (κ2) is 6.35. The molecule has 1 aliphatic heterocycles. The molecular weight excluding hydrogens is 247 g/mol. The predicted octanol–water partition coefficient (Wildman–Crippen LogP) is 2.55. The normalized spacial score (nSPS) is 24.4. The Kier molecular flexibility index (Phi) is 4.77. The van der Waals surface area contributed by atoms with Crippen LogP contribution in [0.15, 0.2) is 18.2 Å². The Labute approximate surface area is 113 Å². The summed E-state index contributed by atoms with van der Waals surface area (Å²) in [6.45, 7) is 2.76. The van der Waals surface area contributed by atoms with Crippen LogP contribution in [0, 0.1) is 11.7 Å². The van der Waals surface area contributed by atoms with Gasteiger partial charge in [-0.1, -0.05) is 13.0 Å². The summed E-state index contributed by atoms with van der Waals surface area (Å²) in [5, 5.41) is 10.3. The Hall–Kier alpha value is -1.13. The van der Waals surface area contributed by atoms with Crippen molar-refractivity contribution in [3.05, 3.63) is 29.6 Å². The molecule has 1 aliphatic rings. The first-order chi connectivity index (χ1) is 9.15. The van der Waals surface area contributed by atoms with Crippen molar-refractivity contribution in [2.24, 2.45) is 5.92 Å². The van der Waals surface area contributed by atoms with E-state index in [2.05, 4.69) is 6.92 Å². The van der Waals surface area contributed by atoms with Crippen LogP contribution in [0.1, 0.15) is 25.3 Å². The molecule has 19 heavy (non-hydrogen) atoms. The summed E-state index contributed by atoms with van der Waals surface area (Å²) in [5.74, 6) is -0.00838. The van der Waals surface area contributed by atoms with Gasteiger partial charge in [0, 0.05) is 12.5 Å². The second-order valence-corrected chi connectivity index (χ2v) is 5.01. The molecule has 0 saturated carbocycles. The van der Waals surface area contributed by atoms with E-state index in [1.54, 1.807) is 12.1 Å². The molecule has 106 valence electrons. The number of halogens is 1. The van der Waals surface area contributed by atoms with Crippen LogP contribution in [0.4, 0.5) is 4.39 Å². The van der Waals surface area contributed by atoms with E-state index >= 15 is 0 Å². The first-order valence-corrected chi connectivity index (χ1v) is 6.77. The van der Waals surface area contributed by atoms with E-state index < -0.39 is 6.10 Å². The van der Waals surface area contributed by atoms with E-state index in [1.165, 1.54) is 13.2 Å². The molecule has 0 amide bonds. The quantitative estimate of drug-likeness (QED) is 0.892.